The molecule has 0 radical (unpaired) electrons. The average Bonchev–Trinajstić information content (AvgIpc) is 1.79. The highest BCUT2D eigenvalue weighted by Crippen LogP contribution is 2.25. The van der Waals surface area contributed by atoms with Crippen molar-refractivity contribution >= 4 is 7.68 Å². The summed E-state index contributed by atoms with van der Waals surface area (Å²) in [5.74, 6) is -0.227. The minimum Gasteiger partial charge on any atom is -0.317 e. The molecule has 0 aromatic carbocycles. The smallest absolute Gasteiger partial charge is 0.317 e. The van der Waals surface area contributed by atoms with Crippen molar-refractivity contribution in [2.75, 3.05) is 21.1 Å². The van der Waals surface area contributed by atoms with E-state index >= 15 is 0 Å². The van der Waals surface area contributed by atoms with Crippen LogP contribution in [0.1, 0.15) is 19.8 Å². The molecule has 11 heavy (non-hydrogen) atoms. The van der Waals surface area contributed by atoms with Crippen LogP contribution in [-0.2, 0) is 9.13 Å². The molecule has 0 fully saturated rings. The van der Waals surface area contributed by atoms with E-state index < -0.39 is 7.68 Å². The van der Waals surface area contributed by atoms with Crippen molar-refractivity contribution in [1.29, 1.82) is 0 Å². The Morgan fingerprint density at radius 1 is 1.27 bits per heavy atom. The Labute approximate surface area is 68.8 Å². The molecule has 66 valence electrons. The van der Waals surface area contributed by atoms with E-state index in [2.05, 4.69) is 0 Å². The fourth-order valence-corrected chi connectivity index (χ4v) is 2.07. The van der Waals surface area contributed by atoms with Gasteiger partial charge in [0, 0.05) is 6.42 Å². The van der Waals surface area contributed by atoms with Gasteiger partial charge in [-0.2, -0.15) is 0 Å². The maximum atomic E-state index is 10.8. The van der Waals surface area contributed by atoms with E-state index in [1.54, 1.807) is 0 Å². The predicted molar refractivity (Wildman–Crippen MR) is 45.0 cm³/mol. The first kappa shape index (κ1) is 10.9. The van der Waals surface area contributed by atoms with Gasteiger partial charge in [-0.05, 0) is 6.42 Å². The van der Waals surface area contributed by atoms with Crippen molar-refractivity contribution in [3.63, 3.8) is 0 Å². The van der Waals surface area contributed by atoms with Gasteiger partial charge in [-0.25, -0.2) is 9.13 Å². The summed E-state index contributed by atoms with van der Waals surface area (Å²) in [6.45, 7) is 2.00. The molecule has 0 aliphatic heterocycles. The molecule has 0 aromatic heterocycles. The number of rotatable bonds is 4. The first-order valence-corrected chi connectivity index (χ1v) is 5.09. The molecule has 0 aliphatic carbocycles. The van der Waals surface area contributed by atoms with E-state index in [0.717, 1.165) is 12.8 Å². The molecule has 4 heteroatoms. The van der Waals surface area contributed by atoms with E-state index in [0.29, 0.717) is 4.48 Å². The van der Waals surface area contributed by atoms with Gasteiger partial charge in [0.2, 0.25) is 0 Å². The Bertz CT molecular complexity index is 173. The van der Waals surface area contributed by atoms with Crippen LogP contribution in [0.4, 0.5) is 0 Å². The van der Waals surface area contributed by atoms with Gasteiger partial charge in [0.15, 0.2) is 5.78 Å². The maximum Gasteiger partial charge on any atom is 0.375 e. The fraction of sp³-hybridized carbons (Fsp3) is 1.00. The second-order valence-corrected chi connectivity index (χ2v) is 4.84. The molecule has 1 atom stereocenters. The molecule has 0 aromatic rings. The van der Waals surface area contributed by atoms with Gasteiger partial charge in [-0.15, -0.1) is 0 Å². The standard InChI is InChI=1S/C7H17NO2P/c1-5-6-7(11(9)10)8(2,3)4/h7H,5-6H2,1-4H3/q+1. The lowest BCUT2D eigenvalue weighted by Crippen LogP contribution is -2.42. The lowest BCUT2D eigenvalue weighted by Gasteiger charge is -2.28. The van der Waals surface area contributed by atoms with Crippen LogP contribution in [-0.4, -0.2) is 31.4 Å². The third-order valence-corrected chi connectivity index (χ3v) is 3.12. The summed E-state index contributed by atoms with van der Waals surface area (Å²) in [5, 5.41) is 0. The third-order valence-electron chi connectivity index (χ3n) is 1.68. The zero-order valence-corrected chi connectivity index (χ0v) is 8.60. The molecular weight excluding hydrogens is 161 g/mol. The molecule has 0 bridgehead atoms. The molecule has 0 rings (SSSR count). The van der Waals surface area contributed by atoms with Crippen molar-refractivity contribution in [3.05, 3.63) is 0 Å². The van der Waals surface area contributed by atoms with Gasteiger partial charge in [-0.1, -0.05) is 6.92 Å². The highest BCUT2D eigenvalue weighted by Gasteiger charge is 2.27. The monoisotopic (exact) mass is 178 g/mol. The van der Waals surface area contributed by atoms with Crippen molar-refractivity contribution in [2.24, 2.45) is 0 Å². The molecule has 0 N–H and O–H groups in total. The van der Waals surface area contributed by atoms with Crippen LogP contribution in [0.25, 0.3) is 0 Å². The molecule has 0 aliphatic rings. The van der Waals surface area contributed by atoms with Crippen LogP contribution < -0.4 is 0 Å². The van der Waals surface area contributed by atoms with E-state index in [1.165, 1.54) is 0 Å². The SMILES string of the molecule is CCCC(P(=O)=O)[N+](C)(C)C. The molecule has 0 spiro atoms. The summed E-state index contributed by atoms with van der Waals surface area (Å²) >= 11 is 0. The second kappa shape index (κ2) is 4.03. The van der Waals surface area contributed by atoms with Crippen LogP contribution in [0.15, 0.2) is 0 Å². The van der Waals surface area contributed by atoms with Crippen LogP contribution in [0.3, 0.4) is 0 Å². The predicted octanol–water partition coefficient (Wildman–Crippen LogP) is 1.99. The summed E-state index contributed by atoms with van der Waals surface area (Å²) in [5.41, 5.74) is 0. The summed E-state index contributed by atoms with van der Waals surface area (Å²) in [6.07, 6.45) is 1.67. The van der Waals surface area contributed by atoms with E-state index in [4.69, 9.17) is 0 Å². The Hall–Kier alpha value is -0.140. The Balaban J connectivity index is 4.35. The van der Waals surface area contributed by atoms with Crippen LogP contribution in [0.5, 0.6) is 0 Å². The zero-order valence-electron chi connectivity index (χ0n) is 7.70. The Kier molecular flexibility index (Phi) is 3.98. The molecule has 3 nitrogen and oxygen atoms in total. The molecular formula is C7H17NO2P+. The van der Waals surface area contributed by atoms with Crippen molar-refractivity contribution in [3.8, 4) is 0 Å². The second-order valence-electron chi connectivity index (χ2n) is 3.67. The quantitative estimate of drug-likeness (QED) is 0.487. The summed E-state index contributed by atoms with van der Waals surface area (Å²) in [4.78, 5) is 0. The maximum absolute atomic E-state index is 10.8. The van der Waals surface area contributed by atoms with Crippen molar-refractivity contribution < 1.29 is 13.6 Å². The van der Waals surface area contributed by atoms with Crippen LogP contribution in [0, 0.1) is 0 Å². The minimum atomic E-state index is -2.29. The van der Waals surface area contributed by atoms with Crippen molar-refractivity contribution in [1.82, 2.24) is 0 Å². The lowest BCUT2D eigenvalue weighted by molar-refractivity contribution is -0.882. The lowest BCUT2D eigenvalue weighted by atomic mass is 10.3. The van der Waals surface area contributed by atoms with Gasteiger partial charge >= 0.3 is 7.68 Å². The van der Waals surface area contributed by atoms with Crippen LogP contribution >= 0.6 is 7.68 Å². The Morgan fingerprint density at radius 3 is 1.82 bits per heavy atom. The van der Waals surface area contributed by atoms with E-state index in [9.17, 15) is 9.13 Å². The Morgan fingerprint density at radius 2 is 1.73 bits per heavy atom. The van der Waals surface area contributed by atoms with Gasteiger partial charge in [0.25, 0.3) is 0 Å². The largest absolute Gasteiger partial charge is 0.375 e. The topological polar surface area (TPSA) is 34.1 Å². The molecule has 0 saturated carbocycles. The summed E-state index contributed by atoms with van der Waals surface area (Å²) in [6, 6.07) is 0. The fourth-order valence-electron chi connectivity index (χ4n) is 1.03. The number of hydrogen-bond acceptors (Lipinski definition) is 2. The number of quaternary nitrogens is 1. The molecule has 1 unspecified atom stereocenters. The van der Waals surface area contributed by atoms with E-state index in [-0.39, 0.29) is 5.78 Å². The van der Waals surface area contributed by atoms with Gasteiger partial charge < -0.3 is 4.48 Å². The minimum absolute atomic E-state index is 0.227. The highest BCUT2D eigenvalue weighted by atomic mass is 31.1. The van der Waals surface area contributed by atoms with Crippen molar-refractivity contribution in [2.45, 2.75) is 25.5 Å². The third kappa shape index (κ3) is 3.68. The zero-order chi connectivity index (χ0) is 9.07. The summed E-state index contributed by atoms with van der Waals surface area (Å²) < 4.78 is 22.0. The number of nitrogens with zero attached hydrogens (tertiary/aromatic N) is 1. The normalized spacial score (nSPS) is 14.5. The van der Waals surface area contributed by atoms with Gasteiger partial charge in [0.1, 0.15) is 0 Å². The van der Waals surface area contributed by atoms with Crippen LogP contribution in [0.2, 0.25) is 0 Å². The molecule has 0 amide bonds. The first-order valence-electron chi connectivity index (χ1n) is 3.84. The first-order chi connectivity index (χ1) is 4.89. The summed E-state index contributed by atoms with van der Waals surface area (Å²) in [7, 11) is 3.44. The van der Waals surface area contributed by atoms with Gasteiger partial charge in [-0.3, -0.25) is 0 Å². The van der Waals surface area contributed by atoms with Gasteiger partial charge in [0.05, 0.1) is 21.1 Å². The van der Waals surface area contributed by atoms with E-state index in [1.807, 2.05) is 28.1 Å². The average molecular weight is 178 g/mol. The number of hydrogen-bond donors (Lipinski definition) is 0. The molecule has 0 heterocycles. The molecule has 0 saturated heterocycles. The highest BCUT2D eigenvalue weighted by molar-refractivity contribution is 7.31.